The molecule has 116 valence electrons. The predicted molar refractivity (Wildman–Crippen MR) is 82.2 cm³/mol. The number of morpholine rings is 1. The number of ether oxygens (including phenoxy) is 1. The van der Waals surface area contributed by atoms with E-state index in [1.165, 1.54) is 12.8 Å². The Labute approximate surface area is 126 Å². The molecule has 1 N–H and O–H groups in total. The summed E-state index contributed by atoms with van der Waals surface area (Å²) in [6, 6.07) is 0. The summed E-state index contributed by atoms with van der Waals surface area (Å²) in [7, 11) is 1.94. The van der Waals surface area contributed by atoms with E-state index in [1.54, 1.807) is 0 Å². The van der Waals surface area contributed by atoms with Crippen LogP contribution in [-0.2, 0) is 11.8 Å². The van der Waals surface area contributed by atoms with Crippen LogP contribution in [0.4, 0.5) is 0 Å². The lowest BCUT2D eigenvalue weighted by atomic mass is 10.1. The molecule has 1 unspecified atom stereocenters. The maximum absolute atomic E-state index is 5.90. The second kappa shape index (κ2) is 6.47. The van der Waals surface area contributed by atoms with E-state index >= 15 is 0 Å². The van der Waals surface area contributed by atoms with Crippen LogP contribution in [0, 0.1) is 5.92 Å². The summed E-state index contributed by atoms with van der Waals surface area (Å²) in [5.41, 5.74) is 1.14. The summed E-state index contributed by atoms with van der Waals surface area (Å²) >= 11 is 0. The van der Waals surface area contributed by atoms with E-state index in [-0.39, 0.29) is 6.10 Å². The zero-order valence-electron chi connectivity index (χ0n) is 13.0. The van der Waals surface area contributed by atoms with Gasteiger partial charge in [-0.2, -0.15) is 5.10 Å². The zero-order valence-corrected chi connectivity index (χ0v) is 13.0. The molecule has 1 aliphatic carbocycles. The van der Waals surface area contributed by atoms with Crippen molar-refractivity contribution < 1.29 is 4.74 Å². The molecule has 1 aliphatic heterocycles. The summed E-state index contributed by atoms with van der Waals surface area (Å²) < 4.78 is 7.72. The third kappa shape index (κ3) is 3.75. The van der Waals surface area contributed by atoms with Gasteiger partial charge in [0.2, 0.25) is 0 Å². The van der Waals surface area contributed by atoms with E-state index in [4.69, 9.17) is 9.73 Å². The fraction of sp³-hybridized carbons (Fsp3) is 0.733. The minimum atomic E-state index is 0.0808. The molecule has 1 aromatic heterocycles. The van der Waals surface area contributed by atoms with Gasteiger partial charge in [0.1, 0.15) is 6.10 Å². The molecule has 2 heterocycles. The Balaban J connectivity index is 1.66. The fourth-order valence-electron chi connectivity index (χ4n) is 2.59. The molecular formula is C15H25N5O. The maximum Gasteiger partial charge on any atom is 0.194 e. The number of nitrogens with zero attached hydrogens (tertiary/aromatic N) is 4. The van der Waals surface area contributed by atoms with Crippen LogP contribution in [0.5, 0.6) is 0 Å². The van der Waals surface area contributed by atoms with E-state index in [0.29, 0.717) is 0 Å². The van der Waals surface area contributed by atoms with Crippen LogP contribution in [0.25, 0.3) is 0 Å². The van der Waals surface area contributed by atoms with Crippen molar-refractivity contribution >= 4 is 5.96 Å². The zero-order chi connectivity index (χ0) is 14.7. The van der Waals surface area contributed by atoms with E-state index in [9.17, 15) is 0 Å². The summed E-state index contributed by atoms with van der Waals surface area (Å²) in [6.45, 7) is 6.43. The Hall–Kier alpha value is -1.56. The number of aromatic nitrogens is 2. The second-order valence-corrected chi connectivity index (χ2v) is 5.89. The van der Waals surface area contributed by atoms with Crippen molar-refractivity contribution in [3.05, 3.63) is 18.0 Å². The molecule has 1 atom stereocenters. The SMILES string of the molecule is CCNC(=NCC1CC1)N1CCOC(c2cnn(C)c2)C1. The van der Waals surface area contributed by atoms with Crippen molar-refractivity contribution in [2.75, 3.05) is 32.8 Å². The molecule has 0 spiro atoms. The molecule has 1 saturated heterocycles. The van der Waals surface area contributed by atoms with Gasteiger partial charge in [0.15, 0.2) is 5.96 Å². The largest absolute Gasteiger partial charge is 0.370 e. The molecule has 0 amide bonds. The molecule has 0 aromatic carbocycles. The third-order valence-corrected chi connectivity index (χ3v) is 3.99. The normalized spacial score (nSPS) is 23.4. The van der Waals surface area contributed by atoms with Crippen molar-refractivity contribution in [2.45, 2.75) is 25.9 Å². The van der Waals surface area contributed by atoms with Crippen LogP contribution in [-0.4, -0.2) is 53.4 Å². The topological polar surface area (TPSA) is 54.7 Å². The number of aliphatic imine (C=N–C) groups is 1. The highest BCUT2D eigenvalue weighted by molar-refractivity contribution is 5.80. The lowest BCUT2D eigenvalue weighted by Crippen LogP contribution is -2.48. The number of guanidine groups is 1. The smallest absolute Gasteiger partial charge is 0.194 e. The minimum Gasteiger partial charge on any atom is -0.370 e. The Bertz CT molecular complexity index is 494. The summed E-state index contributed by atoms with van der Waals surface area (Å²) in [5, 5.41) is 7.65. The molecule has 1 saturated carbocycles. The Kier molecular flexibility index (Phi) is 4.43. The molecule has 0 radical (unpaired) electrons. The van der Waals surface area contributed by atoms with Gasteiger partial charge in [-0.3, -0.25) is 9.67 Å². The van der Waals surface area contributed by atoms with Crippen LogP contribution >= 0.6 is 0 Å². The van der Waals surface area contributed by atoms with Crippen LogP contribution in [0.15, 0.2) is 17.4 Å². The first-order valence-electron chi connectivity index (χ1n) is 7.89. The van der Waals surface area contributed by atoms with Crippen LogP contribution < -0.4 is 5.32 Å². The molecule has 6 nitrogen and oxygen atoms in total. The summed E-state index contributed by atoms with van der Waals surface area (Å²) in [6.07, 6.45) is 6.68. The van der Waals surface area contributed by atoms with Crippen molar-refractivity contribution in [1.82, 2.24) is 20.0 Å². The number of aryl methyl sites for hydroxylation is 1. The maximum atomic E-state index is 5.90. The number of hydrogen-bond donors (Lipinski definition) is 1. The van der Waals surface area contributed by atoms with E-state index in [1.807, 2.05) is 24.1 Å². The Morgan fingerprint density at radius 2 is 2.38 bits per heavy atom. The van der Waals surface area contributed by atoms with Gasteiger partial charge in [0.05, 0.1) is 19.3 Å². The van der Waals surface area contributed by atoms with Gasteiger partial charge in [-0.25, -0.2) is 0 Å². The van der Waals surface area contributed by atoms with Gasteiger partial charge >= 0.3 is 0 Å². The van der Waals surface area contributed by atoms with Gasteiger partial charge in [-0.05, 0) is 25.7 Å². The predicted octanol–water partition coefficient (Wildman–Crippen LogP) is 1.17. The van der Waals surface area contributed by atoms with Crippen LogP contribution in [0.3, 0.4) is 0 Å². The molecule has 3 rings (SSSR count). The van der Waals surface area contributed by atoms with Crippen LogP contribution in [0.2, 0.25) is 0 Å². The Morgan fingerprint density at radius 3 is 3.05 bits per heavy atom. The highest BCUT2D eigenvalue weighted by Gasteiger charge is 2.26. The van der Waals surface area contributed by atoms with Crippen molar-refractivity contribution in [2.24, 2.45) is 18.0 Å². The Morgan fingerprint density at radius 1 is 1.52 bits per heavy atom. The minimum absolute atomic E-state index is 0.0808. The quantitative estimate of drug-likeness (QED) is 0.668. The highest BCUT2D eigenvalue weighted by Crippen LogP contribution is 2.29. The average molecular weight is 291 g/mol. The van der Waals surface area contributed by atoms with Crippen molar-refractivity contribution in [3.63, 3.8) is 0 Å². The number of nitrogens with one attached hydrogen (secondary N) is 1. The molecule has 2 aliphatic rings. The first kappa shape index (κ1) is 14.4. The van der Waals surface area contributed by atoms with Gasteiger partial charge in [0, 0.05) is 38.4 Å². The van der Waals surface area contributed by atoms with Gasteiger partial charge in [0.25, 0.3) is 0 Å². The molecule has 6 heteroatoms. The van der Waals surface area contributed by atoms with E-state index < -0.39 is 0 Å². The lowest BCUT2D eigenvalue weighted by Gasteiger charge is -2.34. The van der Waals surface area contributed by atoms with Gasteiger partial charge in [-0.15, -0.1) is 0 Å². The lowest BCUT2D eigenvalue weighted by molar-refractivity contribution is -0.00804. The van der Waals surface area contributed by atoms with Crippen molar-refractivity contribution in [1.29, 1.82) is 0 Å². The molecular weight excluding hydrogens is 266 g/mol. The standard InChI is InChI=1S/C15H25N5O/c1-3-16-15(17-8-12-4-5-12)20-6-7-21-14(11-20)13-9-18-19(2)10-13/h9-10,12,14H,3-8,11H2,1-2H3,(H,16,17). The average Bonchev–Trinajstić information content (AvgIpc) is 3.23. The van der Waals surface area contributed by atoms with E-state index in [0.717, 1.165) is 50.2 Å². The van der Waals surface area contributed by atoms with E-state index in [2.05, 4.69) is 22.2 Å². The fourth-order valence-corrected chi connectivity index (χ4v) is 2.59. The molecule has 21 heavy (non-hydrogen) atoms. The molecule has 0 bridgehead atoms. The first-order valence-corrected chi connectivity index (χ1v) is 7.89. The molecule has 2 fully saturated rings. The monoisotopic (exact) mass is 291 g/mol. The molecule has 1 aromatic rings. The van der Waals surface area contributed by atoms with Gasteiger partial charge < -0.3 is 15.0 Å². The van der Waals surface area contributed by atoms with Crippen molar-refractivity contribution in [3.8, 4) is 0 Å². The number of hydrogen-bond acceptors (Lipinski definition) is 3. The van der Waals surface area contributed by atoms with Gasteiger partial charge in [-0.1, -0.05) is 0 Å². The highest BCUT2D eigenvalue weighted by atomic mass is 16.5. The third-order valence-electron chi connectivity index (χ3n) is 3.99. The summed E-state index contributed by atoms with van der Waals surface area (Å²) in [5.74, 6) is 1.84. The second-order valence-electron chi connectivity index (χ2n) is 5.89. The number of rotatable bonds is 4. The summed E-state index contributed by atoms with van der Waals surface area (Å²) in [4.78, 5) is 7.10. The van der Waals surface area contributed by atoms with Crippen LogP contribution in [0.1, 0.15) is 31.4 Å². The first-order chi connectivity index (χ1) is 10.3.